The van der Waals surface area contributed by atoms with Gasteiger partial charge in [-0.15, -0.1) is 0 Å². The Bertz CT molecular complexity index is 781. The second-order valence-corrected chi connectivity index (χ2v) is 5.55. The fourth-order valence-corrected chi connectivity index (χ4v) is 2.42. The van der Waals surface area contributed by atoms with Crippen LogP contribution in [0.1, 0.15) is 11.3 Å². The van der Waals surface area contributed by atoms with Gasteiger partial charge in [-0.05, 0) is 23.8 Å². The van der Waals surface area contributed by atoms with Crippen molar-refractivity contribution in [3.05, 3.63) is 51.6 Å². The number of halogens is 2. The molecule has 0 amide bonds. The van der Waals surface area contributed by atoms with E-state index in [-0.39, 0.29) is 17.3 Å². The molecule has 0 saturated carbocycles. The summed E-state index contributed by atoms with van der Waals surface area (Å²) < 4.78 is 9.63. The van der Waals surface area contributed by atoms with Crippen LogP contribution in [0.5, 0.6) is 5.88 Å². The monoisotopic (exact) mass is 367 g/mol. The molecule has 2 rings (SSSR count). The fraction of sp³-hybridized carbons (Fsp3) is 0.188. The maximum atomic E-state index is 11.6. The number of aromatic nitrogens is 1. The molecule has 0 saturated heterocycles. The van der Waals surface area contributed by atoms with Gasteiger partial charge in [-0.25, -0.2) is 9.78 Å². The minimum atomic E-state index is -0.789. The number of hydrogen-bond acceptors (Lipinski definition) is 6. The molecule has 0 unspecified atom stereocenters. The first kappa shape index (κ1) is 18.0. The summed E-state index contributed by atoms with van der Waals surface area (Å²) in [5.41, 5.74) is 1.05. The number of anilines is 1. The standard InChI is InChI=1S/C16H15Cl2N3O3/c1-23-13-6-5-12(15(21-13)14(19)16(22)24-2)20-8-9-3-4-10(17)7-11(9)18/h3-7,19-20H,8H2,1-2H3. The number of rotatable bonds is 6. The Balaban J connectivity index is 2.28. The molecule has 126 valence electrons. The Morgan fingerprint density at radius 2 is 2.00 bits per heavy atom. The van der Waals surface area contributed by atoms with Crippen molar-refractivity contribution >= 4 is 40.6 Å². The van der Waals surface area contributed by atoms with Gasteiger partial charge in [-0.3, -0.25) is 5.41 Å². The molecule has 6 nitrogen and oxygen atoms in total. The minimum absolute atomic E-state index is 0.131. The van der Waals surface area contributed by atoms with Crippen LogP contribution >= 0.6 is 23.2 Å². The van der Waals surface area contributed by atoms with Crippen molar-refractivity contribution in [1.29, 1.82) is 5.41 Å². The molecule has 0 spiro atoms. The molecule has 0 aliphatic carbocycles. The van der Waals surface area contributed by atoms with E-state index in [1.807, 2.05) is 0 Å². The average molecular weight is 368 g/mol. The normalized spacial score (nSPS) is 10.2. The van der Waals surface area contributed by atoms with E-state index in [9.17, 15) is 4.79 Å². The van der Waals surface area contributed by atoms with Gasteiger partial charge in [0, 0.05) is 22.7 Å². The highest BCUT2D eigenvalue weighted by Crippen LogP contribution is 2.24. The topological polar surface area (TPSA) is 84.3 Å². The number of methoxy groups -OCH3 is 2. The minimum Gasteiger partial charge on any atom is -0.481 e. The summed E-state index contributed by atoms with van der Waals surface area (Å²) in [4.78, 5) is 15.8. The van der Waals surface area contributed by atoms with E-state index in [1.165, 1.54) is 14.2 Å². The number of pyridine rings is 1. The number of nitrogens with zero attached hydrogens (tertiary/aromatic N) is 1. The number of esters is 1. The second kappa shape index (κ2) is 7.99. The van der Waals surface area contributed by atoms with E-state index in [4.69, 9.17) is 33.3 Å². The molecule has 8 heteroatoms. The Morgan fingerprint density at radius 1 is 1.25 bits per heavy atom. The Hall–Kier alpha value is -2.31. The summed E-state index contributed by atoms with van der Waals surface area (Å²) in [6.07, 6.45) is 0. The van der Waals surface area contributed by atoms with Gasteiger partial charge >= 0.3 is 5.97 Å². The molecule has 0 fully saturated rings. The predicted molar refractivity (Wildman–Crippen MR) is 93.4 cm³/mol. The Morgan fingerprint density at radius 3 is 2.62 bits per heavy atom. The van der Waals surface area contributed by atoms with Gasteiger partial charge in [-0.1, -0.05) is 29.3 Å². The smallest absolute Gasteiger partial charge is 0.358 e. The van der Waals surface area contributed by atoms with Crippen LogP contribution in [0.2, 0.25) is 10.0 Å². The summed E-state index contributed by atoms with van der Waals surface area (Å²) in [6.45, 7) is 0.367. The zero-order chi connectivity index (χ0) is 17.7. The van der Waals surface area contributed by atoms with Gasteiger partial charge < -0.3 is 14.8 Å². The van der Waals surface area contributed by atoms with Crippen LogP contribution in [-0.4, -0.2) is 30.9 Å². The highest BCUT2D eigenvalue weighted by Gasteiger charge is 2.19. The Kier molecular flexibility index (Phi) is 6.00. The molecule has 1 heterocycles. The van der Waals surface area contributed by atoms with Crippen molar-refractivity contribution in [2.45, 2.75) is 6.54 Å². The lowest BCUT2D eigenvalue weighted by atomic mass is 10.1. The molecule has 24 heavy (non-hydrogen) atoms. The summed E-state index contributed by atoms with van der Waals surface area (Å²) in [5, 5.41) is 12.1. The number of hydrogen-bond donors (Lipinski definition) is 2. The van der Waals surface area contributed by atoms with Crippen LogP contribution in [0.15, 0.2) is 30.3 Å². The fourth-order valence-electron chi connectivity index (χ4n) is 1.94. The molecule has 0 aliphatic rings. The SMILES string of the molecule is COC(=O)C(=N)c1nc(OC)ccc1NCc1ccc(Cl)cc1Cl. The van der Waals surface area contributed by atoms with Crippen molar-refractivity contribution in [2.75, 3.05) is 19.5 Å². The molecule has 0 bridgehead atoms. The lowest BCUT2D eigenvalue weighted by molar-refractivity contribution is -0.132. The van der Waals surface area contributed by atoms with Crippen LogP contribution < -0.4 is 10.1 Å². The summed E-state index contributed by atoms with van der Waals surface area (Å²) >= 11 is 12.0. The van der Waals surface area contributed by atoms with E-state index in [1.54, 1.807) is 30.3 Å². The number of nitrogens with one attached hydrogen (secondary N) is 2. The highest BCUT2D eigenvalue weighted by atomic mass is 35.5. The zero-order valence-electron chi connectivity index (χ0n) is 13.0. The Labute approximate surface area is 149 Å². The first-order valence-corrected chi connectivity index (χ1v) is 7.62. The predicted octanol–water partition coefficient (Wildman–Crippen LogP) is 3.55. The molecule has 1 aromatic heterocycles. The van der Waals surface area contributed by atoms with Crippen LogP contribution in [0.25, 0.3) is 0 Å². The van der Waals surface area contributed by atoms with Crippen LogP contribution in [-0.2, 0) is 16.1 Å². The first-order chi connectivity index (χ1) is 11.5. The van der Waals surface area contributed by atoms with E-state index in [0.29, 0.717) is 22.3 Å². The zero-order valence-corrected chi connectivity index (χ0v) is 14.5. The van der Waals surface area contributed by atoms with Crippen molar-refractivity contribution < 1.29 is 14.3 Å². The largest absolute Gasteiger partial charge is 0.481 e. The van der Waals surface area contributed by atoms with Crippen LogP contribution in [0.3, 0.4) is 0 Å². The summed E-state index contributed by atoms with van der Waals surface area (Å²) in [7, 11) is 2.66. The van der Waals surface area contributed by atoms with Gasteiger partial charge in [0.1, 0.15) is 5.69 Å². The van der Waals surface area contributed by atoms with Crippen molar-refractivity contribution in [3.63, 3.8) is 0 Å². The third kappa shape index (κ3) is 4.15. The maximum Gasteiger partial charge on any atom is 0.358 e. The number of benzene rings is 1. The highest BCUT2D eigenvalue weighted by molar-refractivity contribution is 6.42. The maximum absolute atomic E-state index is 11.6. The van der Waals surface area contributed by atoms with E-state index in [2.05, 4.69) is 15.0 Å². The molecule has 0 atom stereocenters. The van der Waals surface area contributed by atoms with E-state index in [0.717, 1.165) is 5.56 Å². The van der Waals surface area contributed by atoms with Crippen molar-refractivity contribution in [1.82, 2.24) is 4.98 Å². The summed E-state index contributed by atoms with van der Waals surface area (Å²) in [5.74, 6) is -0.503. The lowest BCUT2D eigenvalue weighted by Crippen LogP contribution is -2.19. The third-order valence-electron chi connectivity index (χ3n) is 3.19. The van der Waals surface area contributed by atoms with Gasteiger partial charge in [0.05, 0.1) is 19.9 Å². The number of carbonyl (C=O) groups is 1. The number of carbonyl (C=O) groups excluding carboxylic acids is 1. The second-order valence-electron chi connectivity index (χ2n) is 4.71. The molecular formula is C16H15Cl2N3O3. The van der Waals surface area contributed by atoms with E-state index >= 15 is 0 Å². The average Bonchev–Trinajstić information content (AvgIpc) is 2.59. The molecular weight excluding hydrogens is 353 g/mol. The van der Waals surface area contributed by atoms with Gasteiger partial charge in [0.15, 0.2) is 5.71 Å². The van der Waals surface area contributed by atoms with Gasteiger partial charge in [0.25, 0.3) is 0 Å². The first-order valence-electron chi connectivity index (χ1n) is 6.86. The molecule has 2 aromatic rings. The molecule has 2 N–H and O–H groups in total. The van der Waals surface area contributed by atoms with Crippen molar-refractivity contribution in [3.8, 4) is 5.88 Å². The van der Waals surface area contributed by atoms with Gasteiger partial charge in [0.2, 0.25) is 5.88 Å². The quantitative estimate of drug-likeness (QED) is 0.602. The molecule has 0 aliphatic heterocycles. The van der Waals surface area contributed by atoms with Crippen molar-refractivity contribution in [2.24, 2.45) is 0 Å². The molecule has 0 radical (unpaired) electrons. The molecule has 1 aromatic carbocycles. The summed E-state index contributed by atoms with van der Waals surface area (Å²) in [6, 6.07) is 8.46. The van der Waals surface area contributed by atoms with E-state index < -0.39 is 5.97 Å². The third-order valence-corrected chi connectivity index (χ3v) is 3.78. The van der Waals surface area contributed by atoms with Gasteiger partial charge in [-0.2, -0.15) is 0 Å². The van der Waals surface area contributed by atoms with Crippen LogP contribution in [0.4, 0.5) is 5.69 Å². The lowest BCUT2D eigenvalue weighted by Gasteiger charge is -2.13. The number of ether oxygens (including phenoxy) is 2. The van der Waals surface area contributed by atoms with Crippen LogP contribution in [0, 0.1) is 5.41 Å².